The van der Waals surface area contributed by atoms with Gasteiger partial charge in [-0.1, -0.05) is 0 Å². The Morgan fingerprint density at radius 1 is 0.500 bits per heavy atom. The largest absolute Gasteiger partial charge is 3.00 e. The summed E-state index contributed by atoms with van der Waals surface area (Å²) in [5.74, 6) is 0. The summed E-state index contributed by atoms with van der Waals surface area (Å²) in [4.78, 5) is 51.1. The monoisotopic (exact) mass is 402 g/mol. The maximum atomic E-state index is 8.52. The predicted molar refractivity (Wildman–Crippen MR) is 45.1 cm³/mol. The average Bonchev–Trinajstić information content (AvgIpc) is 2.00. The minimum atomic E-state index is -3.63. The molecule has 0 N–H and O–H groups in total. The van der Waals surface area contributed by atoms with Crippen LogP contribution in [0.1, 0.15) is 0 Å². The van der Waals surface area contributed by atoms with Gasteiger partial charge in [0.25, 0.3) is 0 Å². The molecule has 0 unspecified atom stereocenters. The molecule has 20 heavy (non-hydrogen) atoms. The summed E-state index contributed by atoms with van der Waals surface area (Å²) < 4.78 is 59.2. The van der Waals surface area contributed by atoms with Crippen molar-refractivity contribution in [2.75, 3.05) is 0 Å². The van der Waals surface area contributed by atoms with E-state index in [0.717, 1.165) is 0 Å². The van der Waals surface area contributed by atoms with E-state index in [2.05, 4.69) is 0 Å². The fraction of sp³-hybridized carbons (Fsp3) is 0. The maximum Gasteiger partial charge on any atom is 3.00 e. The van der Waals surface area contributed by atoms with Crippen molar-refractivity contribution in [1.29, 1.82) is 0 Å². The molecule has 0 amide bonds. The summed E-state index contributed by atoms with van der Waals surface area (Å²) in [7, 11) is -13.7. The van der Waals surface area contributed by atoms with Gasteiger partial charge in [0.05, 0.1) is 0 Å². The van der Waals surface area contributed by atoms with E-state index in [1.54, 1.807) is 0 Å². The number of hydrogen-bond donors (Lipinski definition) is 0. The molecule has 0 aliphatic heterocycles. The second kappa shape index (κ2) is 51.3. The molecule has 0 aliphatic rings. The van der Waals surface area contributed by atoms with E-state index in [9.17, 15) is 0 Å². The third-order valence-corrected chi connectivity index (χ3v) is 0. The van der Waals surface area contributed by atoms with E-state index >= 15 is 0 Å². The SMILES string of the molecule is O=[Si]([O-])[O-].O=[Si]([O-])[O-].O=[Si]([O-])[O-].O=[Si]=O.O=[Si]=O.[Al+3].[Al+3]. The van der Waals surface area contributed by atoms with Gasteiger partial charge in [0.2, 0.25) is 0 Å². The molecule has 0 fully saturated rings. The molecule has 0 saturated heterocycles. The Morgan fingerprint density at radius 2 is 0.500 bits per heavy atom. The Bertz CT molecular complexity index is 235. The zero-order chi connectivity index (χ0) is 16.1. The van der Waals surface area contributed by atoms with Gasteiger partial charge < -0.3 is 42.2 Å². The standard InChI is InChI=1S/2Al.3O3Si.2O2Si/c;;3*1-4(2)3;2*1-3-2/q2*+3;3*-2;;. The van der Waals surface area contributed by atoms with Crippen LogP contribution >= 0.6 is 0 Å². The van der Waals surface area contributed by atoms with Crippen molar-refractivity contribution in [3.63, 3.8) is 0 Å². The molecule has 0 bridgehead atoms. The van der Waals surface area contributed by atoms with Crippen molar-refractivity contribution in [3.05, 3.63) is 0 Å². The van der Waals surface area contributed by atoms with Gasteiger partial charge in [0.15, 0.2) is 0 Å². The number of hydrogen-bond acceptors (Lipinski definition) is 13. The summed E-state index contributed by atoms with van der Waals surface area (Å²) in [5.41, 5.74) is 0. The van der Waals surface area contributed by atoms with Crippen LogP contribution < -0.4 is 28.8 Å². The Kier molecular flexibility index (Phi) is 110. The van der Waals surface area contributed by atoms with E-state index in [1.165, 1.54) is 0 Å². The zero-order valence-corrected chi connectivity index (χ0v) is 16.3. The normalized spacial score (nSPS) is 4.40. The Balaban J connectivity index is -0.0000000207. The fourth-order valence-corrected chi connectivity index (χ4v) is 0. The van der Waals surface area contributed by atoms with Gasteiger partial charge >= 0.3 is 53.3 Å². The molecule has 0 aromatic heterocycles. The first-order valence-electron chi connectivity index (χ1n) is 2.65. The minimum absolute atomic E-state index is 0. The van der Waals surface area contributed by atoms with Gasteiger partial charge in [-0.2, -0.15) is 0 Å². The van der Waals surface area contributed by atoms with Gasteiger partial charge in [0, 0.05) is 27.5 Å². The van der Waals surface area contributed by atoms with Gasteiger partial charge in [-0.25, -0.2) is 0 Å². The van der Waals surface area contributed by atoms with Crippen molar-refractivity contribution in [2.24, 2.45) is 0 Å². The van der Waals surface area contributed by atoms with Crippen LogP contribution in [0.5, 0.6) is 0 Å². The molecular weight excluding hydrogens is 402 g/mol. The van der Waals surface area contributed by atoms with Crippen molar-refractivity contribution in [3.8, 4) is 0 Å². The Hall–Kier alpha value is -0.451. The summed E-state index contributed by atoms with van der Waals surface area (Å²) in [6.45, 7) is 0. The van der Waals surface area contributed by atoms with Gasteiger partial charge in [-0.15, -0.1) is 0 Å². The molecule has 20 heteroatoms. The molecule has 0 spiro atoms. The van der Waals surface area contributed by atoms with E-state index in [-0.39, 0.29) is 34.7 Å². The molecule has 0 radical (unpaired) electrons. The van der Waals surface area contributed by atoms with Crippen LogP contribution in [-0.4, -0.2) is 80.8 Å². The molecule has 13 nitrogen and oxygen atoms in total. The van der Waals surface area contributed by atoms with Crippen molar-refractivity contribution in [2.45, 2.75) is 0 Å². The minimum Gasteiger partial charge on any atom is -0.672 e. The van der Waals surface area contributed by atoms with Crippen molar-refractivity contribution in [1.82, 2.24) is 0 Å². The third kappa shape index (κ3) is 23700. The molecular formula is Al2O13Si5. The molecule has 104 valence electrons. The molecule has 0 aromatic carbocycles. The van der Waals surface area contributed by atoms with Crippen LogP contribution in [-0.2, 0) is 31.2 Å². The van der Waals surface area contributed by atoms with Crippen LogP contribution in [0, 0.1) is 0 Å². The second-order valence-corrected chi connectivity index (χ2v) is 2.75. The zero-order valence-electron chi connectivity index (χ0n) is 8.96. The summed E-state index contributed by atoms with van der Waals surface area (Å²) in [5, 5.41) is 0. The van der Waals surface area contributed by atoms with Crippen LogP contribution in [0.3, 0.4) is 0 Å². The first-order chi connectivity index (χ1) is 8.02. The van der Waals surface area contributed by atoms with Gasteiger partial charge in [-0.3, -0.25) is 17.8 Å². The summed E-state index contributed by atoms with van der Waals surface area (Å²) in [6, 6.07) is 0. The Morgan fingerprint density at radius 3 is 0.500 bits per heavy atom. The third-order valence-electron chi connectivity index (χ3n) is 0. The Labute approximate surface area is 140 Å². The predicted octanol–water partition coefficient (Wildman–Crippen LogP) is -10.6. The van der Waals surface area contributed by atoms with Crippen LogP contribution in [0.2, 0.25) is 0 Å². The first kappa shape index (κ1) is 42.7. The van der Waals surface area contributed by atoms with Crippen LogP contribution in [0.25, 0.3) is 0 Å². The molecule has 0 heterocycles. The maximum absolute atomic E-state index is 8.52. The first-order valence-corrected chi connectivity index (χ1v) is 7.96. The molecule has 0 rings (SSSR count). The fourth-order valence-electron chi connectivity index (χ4n) is 0. The smallest absolute Gasteiger partial charge is 0.672 e. The molecule has 0 aliphatic carbocycles. The van der Waals surface area contributed by atoms with Crippen LogP contribution in [0.4, 0.5) is 0 Å². The van der Waals surface area contributed by atoms with E-state index in [4.69, 9.17) is 60.0 Å². The molecule has 0 atom stereocenters. The number of rotatable bonds is 0. The average molecular weight is 402 g/mol. The van der Waals surface area contributed by atoms with E-state index in [1.807, 2.05) is 0 Å². The van der Waals surface area contributed by atoms with E-state index in [0.29, 0.717) is 0 Å². The van der Waals surface area contributed by atoms with Crippen molar-refractivity contribution < 1.29 is 60.0 Å². The van der Waals surface area contributed by atoms with Crippen molar-refractivity contribution >= 4 is 80.8 Å². The molecule has 0 saturated carbocycles. The van der Waals surface area contributed by atoms with Crippen LogP contribution in [0.15, 0.2) is 0 Å². The van der Waals surface area contributed by atoms with Gasteiger partial charge in [0.1, 0.15) is 0 Å². The van der Waals surface area contributed by atoms with Gasteiger partial charge in [-0.05, 0) is 0 Å². The summed E-state index contributed by atoms with van der Waals surface area (Å²) >= 11 is 0. The quantitative estimate of drug-likeness (QED) is 0.341. The van der Waals surface area contributed by atoms with E-state index < -0.39 is 46.1 Å². The summed E-state index contributed by atoms with van der Waals surface area (Å²) in [6.07, 6.45) is 0. The topological polar surface area (TPSA) is 258 Å². The molecule has 0 aromatic rings. The second-order valence-electron chi connectivity index (χ2n) is 0.917.